The third kappa shape index (κ3) is 3.86. The van der Waals surface area contributed by atoms with Crippen molar-refractivity contribution in [3.05, 3.63) is 0 Å². The number of thioether (sulfide) groups is 1. The Bertz CT molecular complexity index is 299. The minimum absolute atomic E-state index is 0.00821. The van der Waals surface area contributed by atoms with Crippen LogP contribution in [0, 0.1) is 0 Å². The van der Waals surface area contributed by atoms with Gasteiger partial charge in [0.15, 0.2) is 0 Å². The van der Waals surface area contributed by atoms with E-state index in [0.717, 1.165) is 5.75 Å². The van der Waals surface area contributed by atoms with Crippen LogP contribution in [0.4, 0.5) is 4.79 Å². The van der Waals surface area contributed by atoms with Crippen molar-refractivity contribution in [2.75, 3.05) is 32.1 Å². The number of hydrogen-bond donors (Lipinski definition) is 3. The minimum atomic E-state index is -0.957. The zero-order chi connectivity index (χ0) is 13.6. The molecular weight excluding hydrogens is 256 g/mol. The second kappa shape index (κ2) is 6.96. The summed E-state index contributed by atoms with van der Waals surface area (Å²) in [6.45, 7) is 2.24. The summed E-state index contributed by atoms with van der Waals surface area (Å²) in [6.07, 6.45) is 0.637. The van der Waals surface area contributed by atoms with Crippen molar-refractivity contribution >= 4 is 22.9 Å². The fraction of sp³-hybridized carbons (Fsp3) is 0.818. The molecule has 0 aromatic carbocycles. The SMILES string of the molecule is CCC(CO)(CO)NC(=O)CCN1CCSC1=O. The number of nitrogens with one attached hydrogen (secondary N) is 1. The molecule has 1 saturated heterocycles. The largest absolute Gasteiger partial charge is 0.394 e. The first-order valence-electron chi connectivity index (χ1n) is 6.01. The molecule has 6 nitrogen and oxygen atoms in total. The Labute approximate surface area is 111 Å². The predicted octanol–water partition coefficient (Wildman–Crippen LogP) is -0.205. The van der Waals surface area contributed by atoms with Gasteiger partial charge in [0.25, 0.3) is 5.24 Å². The van der Waals surface area contributed by atoms with E-state index in [1.165, 1.54) is 11.8 Å². The summed E-state index contributed by atoms with van der Waals surface area (Å²) in [5.74, 6) is 0.511. The normalized spacial score (nSPS) is 16.2. The maximum Gasteiger partial charge on any atom is 0.281 e. The lowest BCUT2D eigenvalue weighted by atomic mass is 9.98. The van der Waals surface area contributed by atoms with Crippen molar-refractivity contribution < 1.29 is 19.8 Å². The third-order valence-corrected chi connectivity index (χ3v) is 4.03. The van der Waals surface area contributed by atoms with Gasteiger partial charge in [-0.3, -0.25) is 9.59 Å². The van der Waals surface area contributed by atoms with Crippen LogP contribution in [0.2, 0.25) is 0 Å². The molecule has 1 rings (SSSR count). The summed E-state index contributed by atoms with van der Waals surface area (Å²) >= 11 is 1.26. The number of amides is 2. The van der Waals surface area contributed by atoms with E-state index in [-0.39, 0.29) is 30.8 Å². The minimum Gasteiger partial charge on any atom is -0.394 e. The van der Waals surface area contributed by atoms with Crippen LogP contribution in [-0.4, -0.2) is 63.9 Å². The third-order valence-electron chi connectivity index (χ3n) is 3.14. The maximum atomic E-state index is 11.7. The Morgan fingerprint density at radius 1 is 1.50 bits per heavy atom. The number of rotatable bonds is 7. The van der Waals surface area contributed by atoms with E-state index in [9.17, 15) is 19.8 Å². The molecule has 2 amide bonds. The molecule has 0 saturated carbocycles. The standard InChI is InChI=1S/C11H20N2O4S/c1-2-11(7-14,8-15)12-9(16)3-4-13-5-6-18-10(13)17/h14-15H,2-8H2,1H3,(H,12,16). The van der Waals surface area contributed by atoms with E-state index in [0.29, 0.717) is 19.5 Å². The van der Waals surface area contributed by atoms with Crippen LogP contribution in [0.3, 0.4) is 0 Å². The van der Waals surface area contributed by atoms with Crippen molar-refractivity contribution in [3.63, 3.8) is 0 Å². The van der Waals surface area contributed by atoms with Crippen LogP contribution in [0.1, 0.15) is 19.8 Å². The molecule has 0 unspecified atom stereocenters. The lowest BCUT2D eigenvalue weighted by Crippen LogP contribution is -2.54. The van der Waals surface area contributed by atoms with Gasteiger partial charge < -0.3 is 20.4 Å². The smallest absolute Gasteiger partial charge is 0.281 e. The molecule has 1 fully saturated rings. The van der Waals surface area contributed by atoms with E-state index in [4.69, 9.17) is 0 Å². The van der Waals surface area contributed by atoms with Crippen molar-refractivity contribution in [2.45, 2.75) is 25.3 Å². The molecule has 0 bridgehead atoms. The molecule has 0 spiro atoms. The topological polar surface area (TPSA) is 89.9 Å². The maximum absolute atomic E-state index is 11.7. The fourth-order valence-electron chi connectivity index (χ4n) is 1.66. The predicted molar refractivity (Wildman–Crippen MR) is 69.4 cm³/mol. The summed E-state index contributed by atoms with van der Waals surface area (Å²) in [5, 5.41) is 21.1. The van der Waals surface area contributed by atoms with Gasteiger partial charge in [-0.25, -0.2) is 0 Å². The Morgan fingerprint density at radius 3 is 2.61 bits per heavy atom. The quantitative estimate of drug-likeness (QED) is 0.599. The molecule has 0 aliphatic carbocycles. The lowest BCUT2D eigenvalue weighted by Gasteiger charge is -2.30. The van der Waals surface area contributed by atoms with E-state index >= 15 is 0 Å². The van der Waals surface area contributed by atoms with E-state index < -0.39 is 5.54 Å². The van der Waals surface area contributed by atoms with Gasteiger partial charge in [-0.05, 0) is 6.42 Å². The molecule has 1 heterocycles. The van der Waals surface area contributed by atoms with Gasteiger partial charge in [-0.15, -0.1) is 0 Å². The molecule has 104 valence electrons. The van der Waals surface area contributed by atoms with E-state index in [1.807, 2.05) is 0 Å². The summed E-state index contributed by atoms with van der Waals surface area (Å²) in [5.41, 5.74) is -0.957. The summed E-state index contributed by atoms with van der Waals surface area (Å²) < 4.78 is 0. The first-order valence-corrected chi connectivity index (χ1v) is 7.00. The van der Waals surface area contributed by atoms with Crippen LogP contribution < -0.4 is 5.32 Å². The average molecular weight is 276 g/mol. The van der Waals surface area contributed by atoms with Crippen molar-refractivity contribution in [1.82, 2.24) is 10.2 Å². The molecule has 18 heavy (non-hydrogen) atoms. The zero-order valence-electron chi connectivity index (χ0n) is 10.5. The highest BCUT2D eigenvalue weighted by molar-refractivity contribution is 8.13. The molecule has 7 heteroatoms. The van der Waals surface area contributed by atoms with Crippen LogP contribution in [0.25, 0.3) is 0 Å². The Kier molecular flexibility index (Phi) is 5.90. The van der Waals surface area contributed by atoms with Gasteiger partial charge >= 0.3 is 0 Å². The second-order valence-corrected chi connectivity index (χ2v) is 5.40. The molecular formula is C11H20N2O4S. The Hall–Kier alpha value is -0.790. The number of aliphatic hydroxyl groups is 2. The first-order chi connectivity index (χ1) is 8.56. The van der Waals surface area contributed by atoms with Crippen molar-refractivity contribution in [1.29, 1.82) is 0 Å². The number of aliphatic hydroxyl groups excluding tert-OH is 2. The molecule has 0 radical (unpaired) electrons. The lowest BCUT2D eigenvalue weighted by molar-refractivity contribution is -0.124. The van der Waals surface area contributed by atoms with E-state index in [1.54, 1.807) is 11.8 Å². The monoisotopic (exact) mass is 276 g/mol. The highest BCUT2D eigenvalue weighted by atomic mass is 32.2. The second-order valence-electron chi connectivity index (χ2n) is 4.35. The van der Waals surface area contributed by atoms with Gasteiger partial charge in [0.05, 0.1) is 18.8 Å². The zero-order valence-corrected chi connectivity index (χ0v) is 11.3. The molecule has 1 aliphatic heterocycles. The Balaban J connectivity index is 2.38. The summed E-state index contributed by atoms with van der Waals surface area (Å²) in [4.78, 5) is 24.7. The van der Waals surface area contributed by atoms with Crippen molar-refractivity contribution in [3.8, 4) is 0 Å². The molecule has 0 aromatic heterocycles. The molecule has 3 N–H and O–H groups in total. The van der Waals surface area contributed by atoms with Crippen LogP contribution >= 0.6 is 11.8 Å². The first kappa shape index (κ1) is 15.3. The Morgan fingerprint density at radius 2 is 2.17 bits per heavy atom. The summed E-state index contributed by atoms with van der Waals surface area (Å²) in [6, 6.07) is 0. The number of hydrogen-bond acceptors (Lipinski definition) is 5. The molecule has 0 aromatic rings. The average Bonchev–Trinajstić information content (AvgIpc) is 2.79. The summed E-state index contributed by atoms with van der Waals surface area (Å²) in [7, 11) is 0. The van der Waals surface area contributed by atoms with Gasteiger partial charge in [0.2, 0.25) is 5.91 Å². The molecule has 1 aliphatic rings. The number of carbonyl (C=O) groups excluding carboxylic acids is 2. The molecule has 0 atom stereocenters. The number of nitrogens with zero attached hydrogens (tertiary/aromatic N) is 1. The number of carbonyl (C=O) groups is 2. The highest BCUT2D eigenvalue weighted by Crippen LogP contribution is 2.17. The van der Waals surface area contributed by atoms with Gasteiger partial charge in [-0.2, -0.15) is 0 Å². The van der Waals surface area contributed by atoms with Gasteiger partial charge in [-0.1, -0.05) is 18.7 Å². The van der Waals surface area contributed by atoms with Crippen LogP contribution in [0.5, 0.6) is 0 Å². The van der Waals surface area contributed by atoms with Gasteiger partial charge in [0.1, 0.15) is 0 Å². The van der Waals surface area contributed by atoms with E-state index in [2.05, 4.69) is 5.32 Å². The van der Waals surface area contributed by atoms with Crippen molar-refractivity contribution in [2.24, 2.45) is 0 Å². The van der Waals surface area contributed by atoms with Gasteiger partial charge in [0, 0.05) is 25.3 Å². The van der Waals surface area contributed by atoms with Crippen LogP contribution in [-0.2, 0) is 4.79 Å². The highest BCUT2D eigenvalue weighted by Gasteiger charge is 2.29. The fourth-order valence-corrected chi connectivity index (χ4v) is 2.52. The van der Waals surface area contributed by atoms with Crippen LogP contribution in [0.15, 0.2) is 0 Å².